The van der Waals surface area contributed by atoms with Gasteiger partial charge in [-0.05, 0) is 61.2 Å². The molecule has 3 aromatic rings. The molecule has 35 heavy (non-hydrogen) atoms. The van der Waals surface area contributed by atoms with Crippen LogP contribution in [0.4, 0.5) is 15.9 Å². The second kappa shape index (κ2) is 11.6. The summed E-state index contributed by atoms with van der Waals surface area (Å²) in [6.45, 7) is 1.81. The van der Waals surface area contributed by atoms with Crippen LogP contribution in [0.3, 0.4) is 0 Å². The van der Waals surface area contributed by atoms with Gasteiger partial charge in [-0.1, -0.05) is 55.7 Å². The Kier molecular flexibility index (Phi) is 8.08. The van der Waals surface area contributed by atoms with Crippen LogP contribution in [0.2, 0.25) is 0 Å². The molecular formula is C28H31FN4O2. The molecule has 0 saturated heterocycles. The van der Waals surface area contributed by atoms with E-state index in [2.05, 4.69) is 15.6 Å². The Morgan fingerprint density at radius 1 is 1.03 bits per heavy atom. The normalized spacial score (nSPS) is 14.7. The number of hydrogen-bond donors (Lipinski definition) is 2. The van der Waals surface area contributed by atoms with Gasteiger partial charge in [0.25, 0.3) is 0 Å². The van der Waals surface area contributed by atoms with Gasteiger partial charge < -0.3 is 10.6 Å². The van der Waals surface area contributed by atoms with Gasteiger partial charge >= 0.3 is 0 Å². The molecular weight excluding hydrogens is 443 g/mol. The molecule has 1 aromatic heterocycles. The molecule has 4 rings (SSSR count). The monoisotopic (exact) mass is 474 g/mol. The Hall–Kier alpha value is -3.74. The first-order chi connectivity index (χ1) is 17.0. The Labute approximate surface area is 205 Å². The number of rotatable bonds is 8. The van der Waals surface area contributed by atoms with Crippen LogP contribution >= 0.6 is 0 Å². The van der Waals surface area contributed by atoms with E-state index in [4.69, 9.17) is 0 Å². The van der Waals surface area contributed by atoms with Crippen molar-refractivity contribution in [3.8, 4) is 0 Å². The third kappa shape index (κ3) is 6.23. The van der Waals surface area contributed by atoms with Gasteiger partial charge in [0.1, 0.15) is 17.7 Å². The molecule has 2 aromatic carbocycles. The topological polar surface area (TPSA) is 74.3 Å². The Balaban J connectivity index is 1.71. The SMILES string of the molecule is Cc1ccccc1C(C(=O)NC1CCCCC1)N(C(=O)CNc1ccccn1)c1cccc(F)c1. The van der Waals surface area contributed by atoms with Crippen LogP contribution in [0.25, 0.3) is 0 Å². The van der Waals surface area contributed by atoms with E-state index >= 15 is 0 Å². The van der Waals surface area contributed by atoms with Crippen LogP contribution in [0.5, 0.6) is 0 Å². The fourth-order valence-electron chi connectivity index (χ4n) is 4.60. The van der Waals surface area contributed by atoms with Gasteiger partial charge in [0, 0.05) is 17.9 Å². The summed E-state index contributed by atoms with van der Waals surface area (Å²) in [7, 11) is 0. The van der Waals surface area contributed by atoms with Crippen LogP contribution in [-0.4, -0.2) is 29.4 Å². The van der Waals surface area contributed by atoms with Crippen molar-refractivity contribution in [3.63, 3.8) is 0 Å². The fraction of sp³-hybridized carbons (Fsp3) is 0.321. The van der Waals surface area contributed by atoms with Gasteiger partial charge in [-0.3, -0.25) is 14.5 Å². The van der Waals surface area contributed by atoms with E-state index in [0.717, 1.165) is 31.2 Å². The molecule has 1 heterocycles. The van der Waals surface area contributed by atoms with E-state index < -0.39 is 11.9 Å². The highest BCUT2D eigenvalue weighted by Gasteiger charge is 2.35. The standard InChI is InChI=1S/C28H31FN4O2/c1-20-10-5-6-15-24(20)27(28(35)32-22-12-3-2-4-13-22)33(23-14-9-11-21(29)18-23)26(34)19-31-25-16-7-8-17-30-25/h5-11,14-18,22,27H,2-4,12-13,19H2,1H3,(H,30,31)(H,32,35). The van der Waals surface area contributed by atoms with Gasteiger partial charge in [-0.15, -0.1) is 0 Å². The molecule has 1 atom stereocenters. The Bertz CT molecular complexity index is 1150. The van der Waals surface area contributed by atoms with E-state index in [0.29, 0.717) is 17.1 Å². The Morgan fingerprint density at radius 3 is 2.51 bits per heavy atom. The summed E-state index contributed by atoms with van der Waals surface area (Å²) < 4.78 is 14.3. The predicted octanol–water partition coefficient (Wildman–Crippen LogP) is 5.16. The molecule has 182 valence electrons. The quantitative estimate of drug-likeness (QED) is 0.473. The van der Waals surface area contributed by atoms with E-state index in [1.54, 1.807) is 30.5 Å². The van der Waals surface area contributed by atoms with Gasteiger partial charge in [0.2, 0.25) is 11.8 Å². The molecule has 0 aliphatic heterocycles. The van der Waals surface area contributed by atoms with Crippen molar-refractivity contribution in [3.05, 3.63) is 89.9 Å². The van der Waals surface area contributed by atoms with E-state index in [1.807, 2.05) is 37.3 Å². The number of nitrogens with zero attached hydrogens (tertiary/aromatic N) is 2. The lowest BCUT2D eigenvalue weighted by Gasteiger charge is -2.34. The molecule has 1 saturated carbocycles. The molecule has 0 bridgehead atoms. The number of hydrogen-bond acceptors (Lipinski definition) is 4. The number of aryl methyl sites for hydroxylation is 1. The number of halogens is 1. The highest BCUT2D eigenvalue weighted by atomic mass is 19.1. The lowest BCUT2D eigenvalue weighted by molar-refractivity contribution is -0.126. The van der Waals surface area contributed by atoms with Crippen molar-refractivity contribution >= 4 is 23.3 Å². The van der Waals surface area contributed by atoms with E-state index in [-0.39, 0.29) is 24.4 Å². The number of carbonyl (C=O) groups is 2. The molecule has 2 amide bonds. The second-order valence-corrected chi connectivity index (χ2v) is 8.91. The summed E-state index contributed by atoms with van der Waals surface area (Å²) in [5.41, 5.74) is 1.91. The molecule has 0 radical (unpaired) electrons. The van der Waals surface area contributed by atoms with Crippen molar-refractivity contribution in [1.82, 2.24) is 10.3 Å². The molecule has 0 spiro atoms. The zero-order chi connectivity index (χ0) is 24.6. The van der Waals surface area contributed by atoms with Crippen molar-refractivity contribution in [1.29, 1.82) is 0 Å². The van der Waals surface area contributed by atoms with Crippen LogP contribution in [-0.2, 0) is 9.59 Å². The smallest absolute Gasteiger partial charge is 0.248 e. The number of nitrogens with one attached hydrogen (secondary N) is 2. The second-order valence-electron chi connectivity index (χ2n) is 8.91. The van der Waals surface area contributed by atoms with Crippen molar-refractivity contribution in [2.45, 2.75) is 51.1 Å². The van der Waals surface area contributed by atoms with Gasteiger partial charge in [0.15, 0.2) is 0 Å². The minimum Gasteiger partial charge on any atom is -0.361 e. The lowest BCUT2D eigenvalue weighted by Crippen LogP contribution is -2.49. The van der Waals surface area contributed by atoms with Gasteiger partial charge in [-0.2, -0.15) is 0 Å². The molecule has 1 aliphatic rings. The van der Waals surface area contributed by atoms with Crippen LogP contribution in [0, 0.1) is 12.7 Å². The summed E-state index contributed by atoms with van der Waals surface area (Å²) in [5.74, 6) is -0.566. The molecule has 6 nitrogen and oxygen atoms in total. The average Bonchev–Trinajstić information content (AvgIpc) is 2.87. The predicted molar refractivity (Wildman–Crippen MR) is 136 cm³/mol. The minimum absolute atomic E-state index is 0.0684. The molecule has 1 fully saturated rings. The first-order valence-corrected chi connectivity index (χ1v) is 12.1. The van der Waals surface area contributed by atoms with E-state index in [9.17, 15) is 14.0 Å². The van der Waals surface area contributed by atoms with Crippen molar-refractivity contribution in [2.75, 3.05) is 16.8 Å². The minimum atomic E-state index is -0.946. The summed E-state index contributed by atoms with van der Waals surface area (Å²) >= 11 is 0. The lowest BCUT2D eigenvalue weighted by atomic mass is 9.93. The van der Waals surface area contributed by atoms with Crippen molar-refractivity contribution < 1.29 is 14.0 Å². The van der Waals surface area contributed by atoms with Crippen LogP contribution in [0.15, 0.2) is 72.9 Å². The first kappa shape index (κ1) is 24.4. The van der Waals surface area contributed by atoms with Gasteiger partial charge in [-0.25, -0.2) is 9.37 Å². The third-order valence-electron chi connectivity index (χ3n) is 6.38. The largest absolute Gasteiger partial charge is 0.361 e. The first-order valence-electron chi connectivity index (χ1n) is 12.1. The summed E-state index contributed by atoms with van der Waals surface area (Å²) in [5, 5.41) is 6.20. The average molecular weight is 475 g/mol. The Morgan fingerprint density at radius 2 is 1.80 bits per heavy atom. The molecule has 7 heteroatoms. The summed E-state index contributed by atoms with van der Waals surface area (Å²) in [6, 6.07) is 17.8. The molecule has 2 N–H and O–H groups in total. The fourth-order valence-corrected chi connectivity index (χ4v) is 4.60. The summed E-state index contributed by atoms with van der Waals surface area (Å²) in [6.07, 6.45) is 6.77. The highest BCUT2D eigenvalue weighted by molar-refractivity contribution is 6.03. The zero-order valence-electron chi connectivity index (χ0n) is 19.9. The van der Waals surface area contributed by atoms with Crippen LogP contribution < -0.4 is 15.5 Å². The highest BCUT2D eigenvalue weighted by Crippen LogP contribution is 2.31. The molecule has 1 aliphatic carbocycles. The maximum Gasteiger partial charge on any atom is 0.248 e. The van der Waals surface area contributed by atoms with Gasteiger partial charge in [0.05, 0.1) is 6.54 Å². The van der Waals surface area contributed by atoms with Crippen LogP contribution in [0.1, 0.15) is 49.3 Å². The number of pyridine rings is 1. The number of anilines is 2. The maximum absolute atomic E-state index is 14.3. The number of benzene rings is 2. The number of carbonyl (C=O) groups excluding carboxylic acids is 2. The maximum atomic E-state index is 14.3. The zero-order valence-corrected chi connectivity index (χ0v) is 19.9. The third-order valence-corrected chi connectivity index (χ3v) is 6.38. The molecule has 1 unspecified atom stereocenters. The number of amides is 2. The van der Waals surface area contributed by atoms with E-state index in [1.165, 1.54) is 23.5 Å². The van der Waals surface area contributed by atoms with Crippen molar-refractivity contribution in [2.24, 2.45) is 0 Å². The summed E-state index contributed by atoms with van der Waals surface area (Å²) in [4.78, 5) is 33.1. The number of aromatic nitrogens is 1.